The fraction of sp³-hybridized carbons (Fsp3) is 0.308. The zero-order valence-electron chi connectivity index (χ0n) is 9.16. The third-order valence-electron chi connectivity index (χ3n) is 1.55. The van der Waals surface area contributed by atoms with Gasteiger partial charge < -0.3 is 0 Å². The molecule has 0 saturated heterocycles. The zero-order valence-corrected chi connectivity index (χ0v) is 9.16. The maximum Gasteiger partial charge on any atom is 0.0657 e. The number of hydrogen-bond donors (Lipinski definition) is 0. The van der Waals surface area contributed by atoms with Crippen molar-refractivity contribution in [3.63, 3.8) is 0 Å². The van der Waals surface area contributed by atoms with Crippen molar-refractivity contribution < 1.29 is 0 Å². The van der Waals surface area contributed by atoms with Gasteiger partial charge in [0, 0.05) is 0 Å². The molecule has 0 aromatic carbocycles. The van der Waals surface area contributed by atoms with Gasteiger partial charge in [0.05, 0.1) is 5.70 Å². The van der Waals surface area contributed by atoms with Crippen LogP contribution in [0, 0.1) is 0 Å². The second-order valence-corrected chi connectivity index (χ2v) is 2.94. The normalized spacial score (nSPS) is 14.1. The average Bonchev–Trinajstić information content (AvgIpc) is 2.42. The van der Waals surface area contributed by atoms with Crippen LogP contribution in [0.3, 0.4) is 0 Å². The minimum Gasteiger partial charge on any atom is -0.264 e. The highest BCUT2D eigenvalue weighted by Crippen LogP contribution is 2.15. The molecule has 1 nitrogen and oxygen atoms in total. The third-order valence-corrected chi connectivity index (χ3v) is 1.55. The molecule has 1 heteroatoms. The van der Waals surface area contributed by atoms with Gasteiger partial charge in [0.15, 0.2) is 0 Å². The average molecular weight is 189 g/mol. The van der Waals surface area contributed by atoms with Crippen LogP contribution in [0.5, 0.6) is 0 Å². The van der Waals surface area contributed by atoms with E-state index in [1.165, 1.54) is 6.42 Å². The van der Waals surface area contributed by atoms with E-state index in [0.717, 1.165) is 17.7 Å². The second-order valence-electron chi connectivity index (χ2n) is 2.94. The van der Waals surface area contributed by atoms with Crippen molar-refractivity contribution in [2.45, 2.75) is 26.7 Å². The first-order valence-corrected chi connectivity index (χ1v) is 4.96. The Morgan fingerprint density at radius 1 is 1.50 bits per heavy atom. The van der Waals surface area contributed by atoms with Gasteiger partial charge in [-0.1, -0.05) is 57.2 Å². The molecule has 1 aliphatic rings. The Bertz CT molecular complexity index is 267. The van der Waals surface area contributed by atoms with Crippen molar-refractivity contribution in [2.24, 2.45) is 4.99 Å². The van der Waals surface area contributed by atoms with Crippen LogP contribution in [0.25, 0.3) is 0 Å². The first-order valence-electron chi connectivity index (χ1n) is 4.96. The summed E-state index contributed by atoms with van der Waals surface area (Å²) in [5.74, 6) is 0. The highest BCUT2D eigenvalue weighted by Gasteiger charge is 1.97. The molecule has 0 saturated carbocycles. The van der Waals surface area contributed by atoms with E-state index in [-0.39, 0.29) is 0 Å². The molecular weight excluding hydrogens is 170 g/mol. The Kier molecular flexibility index (Phi) is 7.43. The van der Waals surface area contributed by atoms with Crippen LogP contribution in [-0.4, -0.2) is 6.72 Å². The van der Waals surface area contributed by atoms with E-state index < -0.39 is 0 Å². The molecule has 0 N–H and O–H groups in total. The van der Waals surface area contributed by atoms with E-state index in [9.17, 15) is 0 Å². The standard InChI is InChI=1S/C10H11N.C3H8/c1-3-9-7-5-4-6-8-10(9)11-2;1-3-2/h3-5,7-8H,1-2,6H2;3H2,1-2H3. The van der Waals surface area contributed by atoms with Crippen LogP contribution in [0.2, 0.25) is 0 Å². The molecule has 0 fully saturated rings. The van der Waals surface area contributed by atoms with E-state index in [2.05, 4.69) is 38.2 Å². The summed E-state index contributed by atoms with van der Waals surface area (Å²) in [6.45, 7) is 11.4. The highest BCUT2D eigenvalue weighted by atomic mass is 14.7. The second kappa shape index (κ2) is 8.24. The molecule has 0 atom stereocenters. The molecule has 0 heterocycles. The van der Waals surface area contributed by atoms with Crippen molar-refractivity contribution in [3.8, 4) is 0 Å². The van der Waals surface area contributed by atoms with Crippen LogP contribution >= 0.6 is 0 Å². The van der Waals surface area contributed by atoms with E-state index in [0.29, 0.717) is 0 Å². The largest absolute Gasteiger partial charge is 0.264 e. The van der Waals surface area contributed by atoms with Crippen molar-refractivity contribution >= 4 is 6.72 Å². The maximum absolute atomic E-state index is 3.89. The summed E-state index contributed by atoms with van der Waals surface area (Å²) in [4.78, 5) is 3.89. The lowest BCUT2D eigenvalue weighted by molar-refractivity contribution is 1.09. The quantitative estimate of drug-likeness (QED) is 0.581. The van der Waals surface area contributed by atoms with Crippen LogP contribution in [-0.2, 0) is 0 Å². The molecule has 0 radical (unpaired) electrons. The number of nitrogens with zero attached hydrogens (tertiary/aromatic N) is 1. The molecule has 1 rings (SSSR count). The molecule has 0 unspecified atom stereocenters. The first-order chi connectivity index (χ1) is 6.79. The van der Waals surface area contributed by atoms with E-state index in [1.807, 2.05) is 18.2 Å². The van der Waals surface area contributed by atoms with Gasteiger partial charge in [-0.25, -0.2) is 0 Å². The van der Waals surface area contributed by atoms with Crippen LogP contribution in [0.15, 0.2) is 53.2 Å². The van der Waals surface area contributed by atoms with Gasteiger partial charge in [0.1, 0.15) is 0 Å². The van der Waals surface area contributed by atoms with E-state index in [4.69, 9.17) is 0 Å². The summed E-state index contributed by atoms with van der Waals surface area (Å²) in [7, 11) is 0. The molecule has 76 valence electrons. The first kappa shape index (κ1) is 12.6. The Hall–Kier alpha value is -1.37. The third kappa shape index (κ3) is 4.61. The van der Waals surface area contributed by atoms with E-state index >= 15 is 0 Å². The van der Waals surface area contributed by atoms with E-state index in [1.54, 1.807) is 6.08 Å². The molecule has 0 aromatic heterocycles. The summed E-state index contributed by atoms with van der Waals surface area (Å²) in [6, 6.07) is 0. The van der Waals surface area contributed by atoms with Gasteiger partial charge in [0.2, 0.25) is 0 Å². The summed E-state index contributed by atoms with van der Waals surface area (Å²) in [6.07, 6.45) is 12.1. The molecule has 0 amide bonds. The van der Waals surface area contributed by atoms with Crippen LogP contribution in [0.4, 0.5) is 0 Å². The SMILES string of the molecule is C=CC1=CC=CCC=C1N=C.CCC. The molecule has 0 spiro atoms. The molecule has 0 bridgehead atoms. The summed E-state index contributed by atoms with van der Waals surface area (Å²) >= 11 is 0. The number of allylic oxidation sites excluding steroid dienone is 5. The summed E-state index contributed by atoms with van der Waals surface area (Å²) in [5, 5.41) is 0. The Morgan fingerprint density at radius 2 is 2.14 bits per heavy atom. The topological polar surface area (TPSA) is 12.4 Å². The fourth-order valence-corrected chi connectivity index (χ4v) is 0.962. The zero-order chi connectivity index (χ0) is 10.8. The number of hydrogen-bond acceptors (Lipinski definition) is 1. The molecule has 0 aromatic rings. The molecule has 14 heavy (non-hydrogen) atoms. The maximum atomic E-state index is 3.89. The van der Waals surface area contributed by atoms with Gasteiger partial charge in [0.25, 0.3) is 0 Å². The minimum absolute atomic E-state index is 0.919. The lowest BCUT2D eigenvalue weighted by Crippen LogP contribution is -1.79. The predicted octanol–water partition coefficient (Wildman–Crippen LogP) is 4.06. The number of rotatable bonds is 2. The minimum atomic E-state index is 0.919. The van der Waals surface area contributed by atoms with Crippen LogP contribution < -0.4 is 0 Å². The van der Waals surface area contributed by atoms with Crippen molar-refractivity contribution in [2.75, 3.05) is 0 Å². The Morgan fingerprint density at radius 3 is 2.64 bits per heavy atom. The van der Waals surface area contributed by atoms with Gasteiger partial charge in [-0.05, 0) is 18.7 Å². The highest BCUT2D eigenvalue weighted by molar-refractivity contribution is 5.46. The predicted molar refractivity (Wildman–Crippen MR) is 65.6 cm³/mol. The lowest BCUT2D eigenvalue weighted by atomic mass is 10.2. The monoisotopic (exact) mass is 189 g/mol. The van der Waals surface area contributed by atoms with Crippen molar-refractivity contribution in [1.29, 1.82) is 0 Å². The van der Waals surface area contributed by atoms with Crippen LogP contribution in [0.1, 0.15) is 26.7 Å². The molecular formula is C13H19N. The smallest absolute Gasteiger partial charge is 0.0657 e. The van der Waals surface area contributed by atoms with Crippen molar-refractivity contribution in [3.05, 3.63) is 48.2 Å². The lowest BCUT2D eigenvalue weighted by Gasteiger charge is -1.97. The summed E-state index contributed by atoms with van der Waals surface area (Å²) < 4.78 is 0. The van der Waals surface area contributed by atoms with Gasteiger partial charge in [-0.3, -0.25) is 4.99 Å². The van der Waals surface area contributed by atoms with Gasteiger partial charge >= 0.3 is 0 Å². The number of aliphatic imine (C=N–C) groups is 1. The Labute approximate surface area is 87.3 Å². The molecule has 0 aliphatic heterocycles. The Balaban J connectivity index is 0.000000500. The van der Waals surface area contributed by atoms with Gasteiger partial charge in [-0.2, -0.15) is 0 Å². The van der Waals surface area contributed by atoms with Crippen molar-refractivity contribution in [1.82, 2.24) is 0 Å². The van der Waals surface area contributed by atoms with Gasteiger partial charge in [-0.15, -0.1) is 0 Å². The summed E-state index contributed by atoms with van der Waals surface area (Å²) in [5.41, 5.74) is 1.96. The fourth-order valence-electron chi connectivity index (χ4n) is 0.962. The molecule has 1 aliphatic carbocycles.